The van der Waals surface area contributed by atoms with Crippen molar-refractivity contribution in [3.63, 3.8) is 0 Å². The summed E-state index contributed by atoms with van der Waals surface area (Å²) in [6, 6.07) is 13.4. The van der Waals surface area contributed by atoms with Gasteiger partial charge in [-0.25, -0.2) is 9.18 Å². The molecule has 26 heavy (non-hydrogen) atoms. The van der Waals surface area contributed by atoms with Crippen molar-refractivity contribution in [3.05, 3.63) is 71.6 Å². The fraction of sp³-hybridized carbons (Fsp3) is 0.200. The maximum atomic E-state index is 13.0. The summed E-state index contributed by atoms with van der Waals surface area (Å²) in [5.41, 5.74) is 1.62. The lowest BCUT2D eigenvalue weighted by atomic mass is 10.2. The smallest absolute Gasteiger partial charge is 0.331 e. The fourth-order valence-corrected chi connectivity index (χ4v) is 2.07. The summed E-state index contributed by atoms with van der Waals surface area (Å²) in [4.78, 5) is 23.2. The predicted octanol–water partition coefficient (Wildman–Crippen LogP) is 2.89. The Kier molecular flexibility index (Phi) is 7.36. The third-order valence-corrected chi connectivity index (χ3v) is 3.29. The second-order valence-corrected chi connectivity index (χ2v) is 5.51. The highest BCUT2D eigenvalue weighted by Gasteiger charge is 2.04. The monoisotopic (exact) mass is 357 g/mol. The highest BCUT2D eigenvalue weighted by Crippen LogP contribution is 2.11. The minimum absolute atomic E-state index is 0.295. The molecule has 2 aromatic rings. The minimum Gasteiger partial charge on any atom is -0.492 e. The number of amides is 1. The van der Waals surface area contributed by atoms with Crippen molar-refractivity contribution < 1.29 is 23.5 Å². The first-order chi connectivity index (χ1) is 12.5. The lowest BCUT2D eigenvalue weighted by Gasteiger charge is -2.08. The van der Waals surface area contributed by atoms with Crippen molar-refractivity contribution >= 4 is 18.0 Å². The molecule has 6 heteroatoms. The second kappa shape index (κ2) is 9.98. The fourth-order valence-electron chi connectivity index (χ4n) is 2.07. The number of hydrogen-bond acceptors (Lipinski definition) is 4. The molecule has 2 rings (SSSR count). The average molecular weight is 357 g/mol. The number of carbonyl (C=O) groups is 2. The van der Waals surface area contributed by atoms with E-state index in [9.17, 15) is 14.0 Å². The number of nitrogens with one attached hydrogen (secondary N) is 1. The summed E-state index contributed by atoms with van der Waals surface area (Å²) in [6.45, 7) is 2.18. The molecule has 0 saturated carbocycles. The molecular weight excluding hydrogens is 337 g/mol. The zero-order valence-corrected chi connectivity index (χ0v) is 14.4. The standard InChI is InChI=1S/C20H20FNO4/c1-15-4-2-7-18(12-15)25-11-10-22-19(23)14-26-20(24)9-8-16-5-3-6-17(21)13-16/h2-9,12-13H,10-11,14H2,1H3,(H,22,23)/b9-8+. The van der Waals surface area contributed by atoms with Crippen molar-refractivity contribution in [1.82, 2.24) is 5.32 Å². The summed E-state index contributed by atoms with van der Waals surface area (Å²) in [7, 11) is 0. The van der Waals surface area contributed by atoms with Gasteiger partial charge in [0.25, 0.3) is 5.91 Å². The Morgan fingerprint density at radius 3 is 2.73 bits per heavy atom. The van der Waals surface area contributed by atoms with Crippen molar-refractivity contribution in [2.24, 2.45) is 0 Å². The van der Waals surface area contributed by atoms with Crippen LogP contribution in [0.2, 0.25) is 0 Å². The van der Waals surface area contributed by atoms with Gasteiger partial charge in [-0.05, 0) is 48.4 Å². The molecule has 1 amide bonds. The number of ether oxygens (including phenoxy) is 2. The van der Waals surface area contributed by atoms with Crippen LogP contribution in [-0.4, -0.2) is 31.6 Å². The lowest BCUT2D eigenvalue weighted by molar-refractivity contribution is -0.143. The largest absolute Gasteiger partial charge is 0.492 e. The maximum Gasteiger partial charge on any atom is 0.331 e. The van der Waals surface area contributed by atoms with Gasteiger partial charge in [0.05, 0.1) is 6.54 Å². The summed E-state index contributed by atoms with van der Waals surface area (Å²) in [5.74, 6) is -0.772. The van der Waals surface area contributed by atoms with Crippen LogP contribution in [0.5, 0.6) is 5.75 Å². The first-order valence-electron chi connectivity index (χ1n) is 8.09. The Balaban J connectivity index is 1.62. The molecule has 2 aromatic carbocycles. The van der Waals surface area contributed by atoms with E-state index >= 15 is 0 Å². The first kappa shape index (κ1) is 19.2. The van der Waals surface area contributed by atoms with Gasteiger partial charge in [-0.3, -0.25) is 4.79 Å². The number of esters is 1. The van der Waals surface area contributed by atoms with E-state index in [4.69, 9.17) is 9.47 Å². The average Bonchev–Trinajstić information content (AvgIpc) is 2.62. The van der Waals surface area contributed by atoms with Crippen LogP contribution in [0.4, 0.5) is 4.39 Å². The number of rotatable bonds is 8. The van der Waals surface area contributed by atoms with E-state index in [2.05, 4.69) is 5.32 Å². The predicted molar refractivity (Wildman–Crippen MR) is 96.1 cm³/mol. The molecule has 136 valence electrons. The maximum absolute atomic E-state index is 13.0. The molecule has 0 bridgehead atoms. The van der Waals surface area contributed by atoms with Gasteiger partial charge in [0.1, 0.15) is 18.2 Å². The van der Waals surface area contributed by atoms with Gasteiger partial charge < -0.3 is 14.8 Å². The molecule has 0 heterocycles. The van der Waals surface area contributed by atoms with E-state index in [-0.39, 0.29) is 0 Å². The van der Waals surface area contributed by atoms with Gasteiger partial charge >= 0.3 is 5.97 Å². The van der Waals surface area contributed by atoms with Crippen LogP contribution < -0.4 is 10.1 Å². The van der Waals surface area contributed by atoms with Gasteiger partial charge in [-0.2, -0.15) is 0 Å². The van der Waals surface area contributed by atoms with Crippen molar-refractivity contribution in [3.8, 4) is 5.75 Å². The van der Waals surface area contributed by atoms with Gasteiger partial charge in [-0.15, -0.1) is 0 Å². The molecule has 0 aliphatic rings. The van der Waals surface area contributed by atoms with Gasteiger partial charge in [0.15, 0.2) is 6.61 Å². The lowest BCUT2D eigenvalue weighted by Crippen LogP contribution is -2.31. The summed E-state index contributed by atoms with van der Waals surface area (Å²) >= 11 is 0. The molecule has 0 aromatic heterocycles. The zero-order chi connectivity index (χ0) is 18.8. The van der Waals surface area contributed by atoms with Crippen molar-refractivity contribution in [2.75, 3.05) is 19.8 Å². The Labute approximate surface area is 151 Å². The molecule has 0 aliphatic carbocycles. The second-order valence-electron chi connectivity index (χ2n) is 5.51. The van der Waals surface area contributed by atoms with E-state index in [1.54, 1.807) is 6.07 Å². The van der Waals surface area contributed by atoms with E-state index in [0.29, 0.717) is 18.7 Å². The highest BCUT2D eigenvalue weighted by molar-refractivity contribution is 5.89. The Bertz CT molecular complexity index is 789. The normalized spacial score (nSPS) is 10.5. The SMILES string of the molecule is Cc1cccc(OCCNC(=O)COC(=O)/C=C/c2cccc(F)c2)c1. The van der Waals surface area contributed by atoms with Gasteiger partial charge in [0, 0.05) is 6.08 Å². The van der Waals surface area contributed by atoms with E-state index in [1.807, 2.05) is 31.2 Å². The van der Waals surface area contributed by atoms with Crippen molar-refractivity contribution in [2.45, 2.75) is 6.92 Å². The zero-order valence-electron chi connectivity index (χ0n) is 14.4. The van der Waals surface area contributed by atoms with Gasteiger partial charge in [-0.1, -0.05) is 24.3 Å². The molecule has 0 saturated heterocycles. The van der Waals surface area contributed by atoms with E-state index in [1.165, 1.54) is 24.3 Å². The highest BCUT2D eigenvalue weighted by atomic mass is 19.1. The molecule has 5 nitrogen and oxygen atoms in total. The van der Waals surface area contributed by atoms with Crippen molar-refractivity contribution in [1.29, 1.82) is 0 Å². The Morgan fingerprint density at radius 2 is 1.96 bits per heavy atom. The van der Waals surface area contributed by atoms with Crippen LogP contribution in [0.25, 0.3) is 6.08 Å². The quantitative estimate of drug-likeness (QED) is 0.448. The first-order valence-corrected chi connectivity index (χ1v) is 8.09. The van der Waals surface area contributed by atoms with E-state index in [0.717, 1.165) is 17.4 Å². The van der Waals surface area contributed by atoms with Crippen LogP contribution in [0.3, 0.4) is 0 Å². The number of carbonyl (C=O) groups excluding carboxylic acids is 2. The van der Waals surface area contributed by atoms with Crippen LogP contribution in [0.15, 0.2) is 54.6 Å². The molecule has 0 unspecified atom stereocenters. The summed E-state index contributed by atoms with van der Waals surface area (Å²) in [5, 5.41) is 2.59. The van der Waals surface area contributed by atoms with Gasteiger partial charge in [0.2, 0.25) is 0 Å². The molecular formula is C20H20FNO4. The number of aryl methyl sites for hydroxylation is 1. The summed E-state index contributed by atoms with van der Waals surface area (Å²) < 4.78 is 23.3. The number of benzene rings is 2. The van der Waals surface area contributed by atoms with Crippen LogP contribution in [0, 0.1) is 12.7 Å². The molecule has 0 fully saturated rings. The third kappa shape index (κ3) is 7.17. The number of hydrogen-bond donors (Lipinski definition) is 1. The van der Waals surface area contributed by atoms with Crippen LogP contribution in [0.1, 0.15) is 11.1 Å². The Hall–Kier alpha value is -3.15. The van der Waals surface area contributed by atoms with E-state index < -0.39 is 24.3 Å². The van der Waals surface area contributed by atoms with Crippen LogP contribution >= 0.6 is 0 Å². The Morgan fingerprint density at radius 1 is 1.15 bits per heavy atom. The molecule has 0 radical (unpaired) electrons. The topological polar surface area (TPSA) is 64.6 Å². The molecule has 0 aliphatic heterocycles. The summed E-state index contributed by atoms with van der Waals surface area (Å²) in [6.07, 6.45) is 2.56. The molecule has 0 spiro atoms. The molecule has 1 N–H and O–H groups in total. The number of halogens is 1. The third-order valence-electron chi connectivity index (χ3n) is 3.29. The molecule has 0 atom stereocenters. The van der Waals surface area contributed by atoms with Crippen LogP contribution in [-0.2, 0) is 14.3 Å². The minimum atomic E-state index is -0.680.